The van der Waals surface area contributed by atoms with Crippen molar-refractivity contribution >= 4 is 27.9 Å². The number of hydrogen-bond acceptors (Lipinski definition) is 6. The first-order chi connectivity index (χ1) is 10.0. The smallest absolute Gasteiger partial charge is 0.263 e. The highest BCUT2D eigenvalue weighted by Crippen LogP contribution is 2.34. The number of ether oxygens (including phenoxy) is 1. The van der Waals surface area contributed by atoms with Crippen molar-refractivity contribution in [3.05, 3.63) is 10.4 Å². The molecule has 1 aromatic rings. The predicted octanol–water partition coefficient (Wildman–Crippen LogP) is 2.04. The molecule has 0 saturated heterocycles. The largest absolute Gasteiger partial charge is 0.396 e. The maximum atomic E-state index is 11.7. The van der Waals surface area contributed by atoms with E-state index in [0.717, 1.165) is 13.0 Å². The number of carbonyl (C=O) groups is 1. The normalized spacial score (nSPS) is 10.4. The second-order valence-electron chi connectivity index (χ2n) is 4.99. The first kappa shape index (κ1) is 17.3. The molecule has 0 fully saturated rings. The summed E-state index contributed by atoms with van der Waals surface area (Å²) in [5.74, 6) is 0.248. The number of amides is 1. The second kappa shape index (κ2) is 8.49. The molecule has 0 aliphatic rings. The van der Waals surface area contributed by atoms with E-state index in [-0.39, 0.29) is 11.6 Å². The Morgan fingerprint density at radius 1 is 1.52 bits per heavy atom. The lowest BCUT2D eigenvalue weighted by molar-refractivity contribution is 0.0968. The number of nitriles is 1. The van der Waals surface area contributed by atoms with Gasteiger partial charge in [0.2, 0.25) is 0 Å². The van der Waals surface area contributed by atoms with Gasteiger partial charge in [-0.25, -0.2) is 0 Å². The van der Waals surface area contributed by atoms with Crippen LogP contribution in [0.15, 0.2) is 0 Å². The van der Waals surface area contributed by atoms with E-state index in [0.29, 0.717) is 34.5 Å². The topological polar surface area (TPSA) is 100 Å². The SMILES string of the molecule is CNC(=O)c1sc(NCCCOCC(C)C)c(C#N)c1N. The lowest BCUT2D eigenvalue weighted by atomic mass is 10.2. The summed E-state index contributed by atoms with van der Waals surface area (Å²) in [5.41, 5.74) is 6.41. The minimum absolute atomic E-state index is 0.236. The highest BCUT2D eigenvalue weighted by atomic mass is 32.1. The van der Waals surface area contributed by atoms with Crippen LogP contribution in [0.1, 0.15) is 35.5 Å². The molecular formula is C14H22N4O2S. The predicted molar refractivity (Wildman–Crippen MR) is 85.6 cm³/mol. The van der Waals surface area contributed by atoms with Gasteiger partial charge in [0.1, 0.15) is 21.5 Å². The second-order valence-corrected chi connectivity index (χ2v) is 6.01. The van der Waals surface area contributed by atoms with Crippen LogP contribution in [0.2, 0.25) is 0 Å². The lowest BCUT2D eigenvalue weighted by Gasteiger charge is -2.07. The molecule has 0 spiro atoms. The van der Waals surface area contributed by atoms with Crippen molar-refractivity contribution in [3.8, 4) is 6.07 Å². The fourth-order valence-electron chi connectivity index (χ4n) is 1.66. The molecule has 116 valence electrons. The zero-order chi connectivity index (χ0) is 15.8. The molecule has 0 bridgehead atoms. The summed E-state index contributed by atoms with van der Waals surface area (Å²) in [6.45, 7) is 6.28. The summed E-state index contributed by atoms with van der Waals surface area (Å²) in [4.78, 5) is 12.0. The number of anilines is 2. The third kappa shape index (κ3) is 4.92. The van der Waals surface area contributed by atoms with Gasteiger partial charge >= 0.3 is 0 Å². The maximum absolute atomic E-state index is 11.7. The van der Waals surface area contributed by atoms with Crippen molar-refractivity contribution in [2.45, 2.75) is 20.3 Å². The fourth-order valence-corrected chi connectivity index (χ4v) is 2.70. The van der Waals surface area contributed by atoms with Crippen LogP contribution in [0.5, 0.6) is 0 Å². The average molecular weight is 310 g/mol. The Bertz CT molecular complexity index is 520. The molecule has 1 amide bonds. The van der Waals surface area contributed by atoms with E-state index in [1.807, 2.05) is 6.07 Å². The molecule has 0 aromatic carbocycles. The van der Waals surface area contributed by atoms with Gasteiger partial charge in [0.15, 0.2) is 0 Å². The van der Waals surface area contributed by atoms with Gasteiger partial charge in [-0.15, -0.1) is 11.3 Å². The van der Waals surface area contributed by atoms with Crippen LogP contribution in [0, 0.1) is 17.2 Å². The van der Waals surface area contributed by atoms with Crippen molar-refractivity contribution in [2.75, 3.05) is 37.9 Å². The molecule has 0 unspecified atom stereocenters. The highest BCUT2D eigenvalue weighted by molar-refractivity contribution is 7.18. The van der Waals surface area contributed by atoms with Crippen LogP contribution in [-0.2, 0) is 4.74 Å². The molecule has 0 aliphatic heterocycles. The average Bonchev–Trinajstić information content (AvgIpc) is 2.77. The zero-order valence-electron chi connectivity index (χ0n) is 12.7. The summed E-state index contributed by atoms with van der Waals surface area (Å²) in [7, 11) is 1.53. The standard InChI is InChI=1S/C14H22N4O2S/c1-9(2)8-20-6-4-5-18-14-10(7-15)11(16)12(21-14)13(19)17-3/h9,18H,4-6,8,16H2,1-3H3,(H,17,19). The summed E-state index contributed by atoms with van der Waals surface area (Å²) in [6.07, 6.45) is 0.824. The monoisotopic (exact) mass is 310 g/mol. The Morgan fingerprint density at radius 2 is 2.24 bits per heavy atom. The van der Waals surface area contributed by atoms with Gasteiger partial charge < -0.3 is 21.1 Å². The number of hydrogen-bond donors (Lipinski definition) is 3. The van der Waals surface area contributed by atoms with Gasteiger partial charge in [-0.2, -0.15) is 5.26 Å². The van der Waals surface area contributed by atoms with Crippen LogP contribution in [0.25, 0.3) is 0 Å². The number of carbonyl (C=O) groups excluding carboxylic acids is 1. The van der Waals surface area contributed by atoms with Gasteiger partial charge in [-0.05, 0) is 12.3 Å². The van der Waals surface area contributed by atoms with Crippen molar-refractivity contribution in [1.82, 2.24) is 5.32 Å². The Labute approximate surface area is 129 Å². The van der Waals surface area contributed by atoms with E-state index in [1.54, 1.807) is 0 Å². The van der Waals surface area contributed by atoms with E-state index in [1.165, 1.54) is 18.4 Å². The third-order valence-corrected chi connectivity index (χ3v) is 3.85. The molecule has 1 aromatic heterocycles. The number of nitrogens with zero attached hydrogens (tertiary/aromatic N) is 1. The van der Waals surface area contributed by atoms with Crippen LogP contribution in [-0.4, -0.2) is 32.7 Å². The van der Waals surface area contributed by atoms with E-state index in [2.05, 4.69) is 24.5 Å². The Hall–Kier alpha value is -1.78. The quantitative estimate of drug-likeness (QED) is 0.638. The number of thiophene rings is 1. The summed E-state index contributed by atoms with van der Waals surface area (Å²) >= 11 is 1.20. The number of rotatable bonds is 8. The minimum Gasteiger partial charge on any atom is -0.396 e. The van der Waals surface area contributed by atoms with E-state index >= 15 is 0 Å². The van der Waals surface area contributed by atoms with Gasteiger partial charge in [0.25, 0.3) is 5.91 Å². The lowest BCUT2D eigenvalue weighted by Crippen LogP contribution is -2.17. The van der Waals surface area contributed by atoms with Crippen LogP contribution >= 0.6 is 11.3 Å². The molecule has 0 radical (unpaired) electrons. The molecular weight excluding hydrogens is 288 g/mol. The van der Waals surface area contributed by atoms with Gasteiger partial charge in [-0.3, -0.25) is 4.79 Å². The fraction of sp³-hybridized carbons (Fsp3) is 0.571. The Kier molecular flexibility index (Phi) is 6.99. The Balaban J connectivity index is 2.55. The summed E-state index contributed by atoms with van der Waals surface area (Å²) < 4.78 is 5.48. The summed E-state index contributed by atoms with van der Waals surface area (Å²) in [5, 5.41) is 15.4. The van der Waals surface area contributed by atoms with E-state index < -0.39 is 0 Å². The first-order valence-electron chi connectivity index (χ1n) is 6.87. The molecule has 0 aliphatic carbocycles. The van der Waals surface area contributed by atoms with Crippen LogP contribution in [0.3, 0.4) is 0 Å². The third-order valence-electron chi connectivity index (χ3n) is 2.69. The van der Waals surface area contributed by atoms with Gasteiger partial charge in [0.05, 0.1) is 5.69 Å². The number of nitrogen functional groups attached to an aromatic ring is 1. The number of nitrogens with two attached hydrogens (primary N) is 1. The first-order valence-corrected chi connectivity index (χ1v) is 7.69. The molecule has 6 nitrogen and oxygen atoms in total. The Morgan fingerprint density at radius 3 is 2.81 bits per heavy atom. The highest BCUT2D eigenvalue weighted by Gasteiger charge is 2.19. The van der Waals surface area contributed by atoms with Crippen molar-refractivity contribution < 1.29 is 9.53 Å². The maximum Gasteiger partial charge on any atom is 0.263 e. The van der Waals surface area contributed by atoms with E-state index in [9.17, 15) is 4.79 Å². The molecule has 21 heavy (non-hydrogen) atoms. The molecule has 1 heterocycles. The van der Waals surface area contributed by atoms with Crippen molar-refractivity contribution in [1.29, 1.82) is 5.26 Å². The van der Waals surface area contributed by atoms with Crippen LogP contribution in [0.4, 0.5) is 10.7 Å². The van der Waals surface area contributed by atoms with Crippen molar-refractivity contribution in [3.63, 3.8) is 0 Å². The molecule has 7 heteroatoms. The van der Waals surface area contributed by atoms with Crippen LogP contribution < -0.4 is 16.4 Å². The molecule has 0 saturated carbocycles. The molecule has 1 rings (SSSR count). The van der Waals surface area contributed by atoms with Gasteiger partial charge in [-0.1, -0.05) is 13.8 Å². The summed E-state index contributed by atoms with van der Waals surface area (Å²) in [6, 6.07) is 2.04. The number of nitrogens with one attached hydrogen (secondary N) is 2. The molecule has 0 atom stereocenters. The molecule has 4 N–H and O–H groups in total. The van der Waals surface area contributed by atoms with Gasteiger partial charge in [0, 0.05) is 26.8 Å². The van der Waals surface area contributed by atoms with E-state index in [4.69, 9.17) is 15.7 Å². The van der Waals surface area contributed by atoms with Crippen molar-refractivity contribution in [2.24, 2.45) is 5.92 Å². The zero-order valence-corrected chi connectivity index (χ0v) is 13.5. The minimum atomic E-state index is -0.276.